The maximum atomic E-state index is 13.2. The van der Waals surface area contributed by atoms with Crippen LogP contribution >= 0.6 is 23.2 Å². The summed E-state index contributed by atoms with van der Waals surface area (Å²) < 4.78 is 15.0. The molecule has 3 aromatic rings. The molecule has 0 fully saturated rings. The number of nitrogens with zero attached hydrogens (tertiary/aromatic N) is 3. The van der Waals surface area contributed by atoms with Crippen LogP contribution in [-0.4, -0.2) is 14.5 Å². The molecule has 0 amide bonds. The molecular weight excluding hydrogens is 300 g/mol. The molecule has 0 N–H and O–H groups in total. The summed E-state index contributed by atoms with van der Waals surface area (Å²) in [5.74, 6) is -0.436. The number of hydrogen-bond acceptors (Lipinski definition) is 2. The molecule has 3 rings (SSSR count). The summed E-state index contributed by atoms with van der Waals surface area (Å²) in [7, 11) is 0. The lowest BCUT2D eigenvalue weighted by atomic mass is 10.2. The van der Waals surface area contributed by atoms with Crippen LogP contribution in [0.1, 0.15) is 11.3 Å². The van der Waals surface area contributed by atoms with Crippen LogP contribution in [0.15, 0.2) is 30.3 Å². The van der Waals surface area contributed by atoms with E-state index in [0.717, 1.165) is 16.8 Å². The van der Waals surface area contributed by atoms with Gasteiger partial charge in [0.15, 0.2) is 5.65 Å². The average molecular weight is 310 g/mol. The zero-order valence-electron chi connectivity index (χ0n) is 10.6. The smallest absolute Gasteiger partial charge is 0.205 e. The van der Waals surface area contributed by atoms with Crippen molar-refractivity contribution in [1.82, 2.24) is 14.5 Å². The molecule has 3 nitrogen and oxygen atoms in total. The van der Waals surface area contributed by atoms with Crippen LogP contribution in [0.2, 0.25) is 10.3 Å². The molecule has 0 aliphatic carbocycles. The van der Waals surface area contributed by atoms with Gasteiger partial charge in [0.25, 0.3) is 0 Å². The first kappa shape index (κ1) is 13.3. The monoisotopic (exact) mass is 309 g/mol. The number of aromatic nitrogens is 3. The fourth-order valence-corrected chi connectivity index (χ4v) is 2.48. The first-order valence-electron chi connectivity index (χ1n) is 5.98. The third-order valence-electron chi connectivity index (χ3n) is 3.03. The molecule has 0 spiro atoms. The highest BCUT2D eigenvalue weighted by atomic mass is 35.5. The zero-order valence-corrected chi connectivity index (χ0v) is 12.1. The minimum absolute atomic E-state index is 0.0945. The number of pyridine rings is 1. The Morgan fingerprint density at radius 1 is 1.15 bits per heavy atom. The normalized spacial score (nSPS) is 11.2. The van der Waals surface area contributed by atoms with Crippen molar-refractivity contribution < 1.29 is 4.39 Å². The fraction of sp³-hybridized carbons (Fsp3) is 0.143. The Labute approximate surface area is 125 Å². The van der Waals surface area contributed by atoms with E-state index in [1.54, 1.807) is 12.1 Å². The van der Waals surface area contributed by atoms with Gasteiger partial charge in [0.1, 0.15) is 5.82 Å². The quantitative estimate of drug-likeness (QED) is 0.709. The first-order chi connectivity index (χ1) is 9.54. The molecule has 6 heteroatoms. The Morgan fingerprint density at radius 2 is 1.95 bits per heavy atom. The predicted octanol–water partition coefficient (Wildman–Crippen LogP) is 4.23. The molecule has 2 aromatic heterocycles. The van der Waals surface area contributed by atoms with E-state index in [-0.39, 0.29) is 5.02 Å². The van der Waals surface area contributed by atoms with Gasteiger partial charge in [-0.05, 0) is 48.4 Å². The van der Waals surface area contributed by atoms with Gasteiger partial charge in [-0.25, -0.2) is 9.37 Å². The molecule has 0 atom stereocenters. The van der Waals surface area contributed by atoms with Gasteiger partial charge in [-0.15, -0.1) is 0 Å². The van der Waals surface area contributed by atoms with E-state index in [0.29, 0.717) is 17.5 Å². The number of rotatable bonds is 2. The van der Waals surface area contributed by atoms with Gasteiger partial charge >= 0.3 is 0 Å². The van der Waals surface area contributed by atoms with Crippen molar-refractivity contribution in [3.8, 4) is 0 Å². The molecule has 0 bridgehead atoms. The second-order valence-corrected chi connectivity index (χ2v) is 5.26. The standard InChI is InChI=1S/C14H10Cl2FN3/c1-8-2-5-12-13(18-8)19-14(16)20(12)7-9-3-4-11(17)10(15)6-9/h2-6H,7H2,1H3. The molecule has 0 saturated heterocycles. The second-order valence-electron chi connectivity index (χ2n) is 4.51. The lowest BCUT2D eigenvalue weighted by molar-refractivity contribution is 0.627. The summed E-state index contributed by atoms with van der Waals surface area (Å²) in [6.45, 7) is 2.35. The summed E-state index contributed by atoms with van der Waals surface area (Å²) >= 11 is 11.9. The third-order valence-corrected chi connectivity index (χ3v) is 3.61. The second kappa shape index (κ2) is 5.04. The molecule has 20 heavy (non-hydrogen) atoms. The van der Waals surface area contributed by atoms with Crippen LogP contribution in [0.25, 0.3) is 11.2 Å². The Bertz CT molecular complexity index is 798. The SMILES string of the molecule is Cc1ccc2c(n1)nc(Cl)n2Cc1ccc(F)c(Cl)c1. The van der Waals surface area contributed by atoms with Crippen LogP contribution in [0, 0.1) is 12.7 Å². The van der Waals surface area contributed by atoms with Crippen molar-refractivity contribution in [3.05, 3.63) is 57.7 Å². The highest BCUT2D eigenvalue weighted by Gasteiger charge is 2.11. The zero-order chi connectivity index (χ0) is 14.3. The predicted molar refractivity (Wildman–Crippen MR) is 77.8 cm³/mol. The van der Waals surface area contributed by atoms with E-state index in [2.05, 4.69) is 9.97 Å². The summed E-state index contributed by atoms with van der Waals surface area (Å²) in [5, 5.41) is 0.440. The van der Waals surface area contributed by atoms with E-state index in [1.807, 2.05) is 23.6 Å². The number of benzene rings is 1. The number of fused-ring (bicyclic) bond motifs is 1. The van der Waals surface area contributed by atoms with Crippen molar-refractivity contribution >= 4 is 34.4 Å². The molecule has 0 aliphatic rings. The van der Waals surface area contributed by atoms with Crippen LogP contribution in [-0.2, 0) is 6.54 Å². The van der Waals surface area contributed by atoms with E-state index in [9.17, 15) is 4.39 Å². The van der Waals surface area contributed by atoms with Crippen LogP contribution in [0.3, 0.4) is 0 Å². The van der Waals surface area contributed by atoms with E-state index >= 15 is 0 Å². The Balaban J connectivity index is 2.05. The van der Waals surface area contributed by atoms with Crippen molar-refractivity contribution in [2.45, 2.75) is 13.5 Å². The molecular formula is C14H10Cl2FN3. The average Bonchev–Trinajstić information content (AvgIpc) is 2.69. The molecule has 2 heterocycles. The van der Waals surface area contributed by atoms with Crippen LogP contribution < -0.4 is 0 Å². The van der Waals surface area contributed by atoms with Gasteiger partial charge < -0.3 is 4.57 Å². The summed E-state index contributed by atoms with van der Waals surface area (Å²) in [6.07, 6.45) is 0. The number of hydrogen-bond donors (Lipinski definition) is 0. The van der Waals surface area contributed by atoms with E-state index in [1.165, 1.54) is 6.07 Å². The van der Waals surface area contributed by atoms with Crippen molar-refractivity contribution in [2.75, 3.05) is 0 Å². The fourth-order valence-electron chi connectivity index (χ4n) is 2.05. The van der Waals surface area contributed by atoms with E-state index < -0.39 is 5.82 Å². The molecule has 0 radical (unpaired) electrons. The number of aryl methyl sites for hydroxylation is 1. The molecule has 102 valence electrons. The van der Waals surface area contributed by atoms with Gasteiger partial charge in [0, 0.05) is 5.69 Å². The molecule has 0 unspecified atom stereocenters. The Morgan fingerprint density at radius 3 is 2.70 bits per heavy atom. The Hall–Kier alpha value is -1.65. The van der Waals surface area contributed by atoms with Gasteiger partial charge in [0.2, 0.25) is 5.28 Å². The maximum absolute atomic E-state index is 13.2. The molecule has 0 aliphatic heterocycles. The summed E-state index contributed by atoms with van der Waals surface area (Å²) in [5.41, 5.74) is 3.16. The number of halogens is 3. The first-order valence-corrected chi connectivity index (χ1v) is 6.73. The number of imidazole rings is 1. The van der Waals surface area contributed by atoms with Crippen molar-refractivity contribution in [1.29, 1.82) is 0 Å². The lowest BCUT2D eigenvalue weighted by Crippen LogP contribution is -2.00. The van der Waals surface area contributed by atoms with Gasteiger partial charge in [-0.3, -0.25) is 0 Å². The highest BCUT2D eigenvalue weighted by Crippen LogP contribution is 2.22. The third kappa shape index (κ3) is 2.37. The topological polar surface area (TPSA) is 30.7 Å². The Kier molecular flexibility index (Phi) is 3.36. The van der Waals surface area contributed by atoms with Gasteiger partial charge in [0.05, 0.1) is 17.1 Å². The van der Waals surface area contributed by atoms with Crippen molar-refractivity contribution in [2.24, 2.45) is 0 Å². The maximum Gasteiger partial charge on any atom is 0.205 e. The summed E-state index contributed by atoms with van der Waals surface area (Å²) in [6, 6.07) is 8.41. The highest BCUT2D eigenvalue weighted by molar-refractivity contribution is 6.30. The summed E-state index contributed by atoms with van der Waals surface area (Å²) in [4.78, 5) is 8.55. The van der Waals surface area contributed by atoms with Crippen LogP contribution in [0.5, 0.6) is 0 Å². The minimum Gasteiger partial charge on any atom is -0.309 e. The van der Waals surface area contributed by atoms with E-state index in [4.69, 9.17) is 23.2 Å². The van der Waals surface area contributed by atoms with Gasteiger partial charge in [-0.1, -0.05) is 17.7 Å². The van der Waals surface area contributed by atoms with Gasteiger partial charge in [-0.2, -0.15) is 4.98 Å². The molecule has 0 saturated carbocycles. The van der Waals surface area contributed by atoms with Crippen molar-refractivity contribution in [3.63, 3.8) is 0 Å². The van der Waals surface area contributed by atoms with Crippen LogP contribution in [0.4, 0.5) is 4.39 Å². The molecule has 1 aromatic carbocycles. The lowest BCUT2D eigenvalue weighted by Gasteiger charge is -2.06. The largest absolute Gasteiger partial charge is 0.309 e. The minimum atomic E-state index is -0.436.